The maximum atomic E-state index is 5.65. The summed E-state index contributed by atoms with van der Waals surface area (Å²) in [6.45, 7) is 22.9. The summed E-state index contributed by atoms with van der Waals surface area (Å²) in [5.74, 6) is 0. The van der Waals surface area contributed by atoms with Crippen LogP contribution in [0.25, 0.3) is 0 Å². The minimum absolute atomic E-state index is 0.886. The van der Waals surface area contributed by atoms with Gasteiger partial charge in [0.15, 0.2) is 0 Å². The van der Waals surface area contributed by atoms with Crippen LogP contribution in [0.3, 0.4) is 0 Å². The zero-order valence-electron chi connectivity index (χ0n) is 36.5. The monoisotopic (exact) mass is 801 g/mol. The van der Waals surface area contributed by atoms with E-state index in [2.05, 4.69) is 108 Å². The SMILES string of the molecule is CCCCCCCCCCCC[Si](C)(C)c1ccc([Si](C)(C)CCCCCC[Si](C)(C)c2ccc([Si](C)(C)CCC[Si](OC)(OC)OC)cc2)cc1. The number of unbranched alkanes of at least 4 members (excludes halogenated alkanes) is 12. The molecule has 2 rings (SSSR count). The molecule has 52 heavy (non-hydrogen) atoms. The van der Waals surface area contributed by atoms with Gasteiger partial charge in [-0.1, -0.05) is 249 Å². The van der Waals surface area contributed by atoms with Crippen LogP contribution in [0.4, 0.5) is 0 Å². The summed E-state index contributed by atoms with van der Waals surface area (Å²) < 4.78 is 17.0. The molecule has 0 aromatic heterocycles. The normalized spacial score (nSPS) is 13.2. The standard InChI is InChI=1S/C44H84O3Si5/c1-13-14-15-16-17-18-19-20-21-24-36-48(5,6)41-28-30-42(31-29-41)49(7,8)37-25-22-23-26-38-50(9,10)43-32-34-44(35-33-43)51(11,12)39-27-40-52(45-2,46-3)47-4/h28-35H,13-27,36-40H2,1-12H3. The van der Waals surface area contributed by atoms with Gasteiger partial charge in [0, 0.05) is 27.4 Å². The summed E-state index contributed by atoms with van der Waals surface area (Å²) in [4.78, 5) is 0. The Labute approximate surface area is 329 Å². The quantitative estimate of drug-likeness (QED) is 0.0606. The van der Waals surface area contributed by atoms with E-state index in [1.807, 2.05) is 0 Å². The Bertz CT molecular complexity index is 1220. The van der Waals surface area contributed by atoms with Gasteiger partial charge in [-0.25, -0.2) is 0 Å². The maximum Gasteiger partial charge on any atom is 0.500 e. The molecular weight excluding hydrogens is 717 g/mol. The highest BCUT2D eigenvalue weighted by Crippen LogP contribution is 2.23. The van der Waals surface area contributed by atoms with Gasteiger partial charge in [-0.05, 0) is 0 Å². The molecular formula is C44H84O3Si5. The average molecular weight is 802 g/mol. The van der Waals surface area contributed by atoms with E-state index in [-0.39, 0.29) is 0 Å². The second-order valence-corrected chi connectivity index (χ2v) is 41.2. The van der Waals surface area contributed by atoms with Crippen molar-refractivity contribution in [1.82, 2.24) is 0 Å². The van der Waals surface area contributed by atoms with Gasteiger partial charge in [0.1, 0.15) is 0 Å². The van der Waals surface area contributed by atoms with Crippen LogP contribution in [0, 0.1) is 0 Å². The molecule has 0 fully saturated rings. The molecule has 0 amide bonds. The number of hydrogen-bond acceptors (Lipinski definition) is 3. The van der Waals surface area contributed by atoms with E-state index in [1.54, 1.807) is 42.1 Å². The van der Waals surface area contributed by atoms with Crippen LogP contribution in [-0.4, -0.2) is 62.4 Å². The van der Waals surface area contributed by atoms with E-state index in [1.165, 1.54) is 114 Å². The topological polar surface area (TPSA) is 27.7 Å². The number of rotatable bonds is 29. The third-order valence-corrected chi connectivity index (χ3v) is 29.5. The lowest BCUT2D eigenvalue weighted by Gasteiger charge is -2.28. The first-order valence-corrected chi connectivity index (χ1v) is 36.2. The molecule has 3 nitrogen and oxygen atoms in total. The molecule has 0 aliphatic rings. The summed E-state index contributed by atoms with van der Waals surface area (Å²) in [6, 6.07) is 26.4. The smallest absolute Gasteiger partial charge is 0.377 e. The van der Waals surface area contributed by atoms with Crippen LogP contribution in [0.1, 0.15) is 103 Å². The van der Waals surface area contributed by atoms with Gasteiger partial charge in [0.25, 0.3) is 0 Å². The molecule has 0 unspecified atom stereocenters. The Balaban J connectivity index is 1.73. The molecule has 0 aliphatic heterocycles. The van der Waals surface area contributed by atoms with Gasteiger partial charge < -0.3 is 13.3 Å². The van der Waals surface area contributed by atoms with Crippen molar-refractivity contribution in [3.05, 3.63) is 48.5 Å². The molecule has 0 aliphatic carbocycles. The van der Waals surface area contributed by atoms with Gasteiger partial charge in [0.2, 0.25) is 0 Å². The Morgan fingerprint density at radius 3 is 0.808 bits per heavy atom. The zero-order valence-corrected chi connectivity index (χ0v) is 41.5. The molecule has 0 heterocycles. The van der Waals surface area contributed by atoms with Crippen LogP contribution in [0.5, 0.6) is 0 Å². The van der Waals surface area contributed by atoms with Crippen LogP contribution < -0.4 is 20.7 Å². The Kier molecular flexibility index (Phi) is 21.5. The van der Waals surface area contributed by atoms with Crippen LogP contribution in [0.15, 0.2) is 48.5 Å². The van der Waals surface area contributed by atoms with Crippen molar-refractivity contribution in [1.29, 1.82) is 0 Å². The van der Waals surface area contributed by atoms with Gasteiger partial charge in [-0.15, -0.1) is 0 Å². The van der Waals surface area contributed by atoms with E-state index in [0.717, 1.165) is 12.5 Å². The first-order chi connectivity index (χ1) is 24.6. The summed E-state index contributed by atoms with van der Waals surface area (Å²) in [5.41, 5.74) is 0. The first-order valence-electron chi connectivity index (χ1n) is 21.5. The van der Waals surface area contributed by atoms with E-state index < -0.39 is 41.1 Å². The minimum Gasteiger partial charge on any atom is -0.377 e. The highest BCUT2D eigenvalue weighted by atomic mass is 28.4. The number of hydrogen-bond donors (Lipinski definition) is 0. The lowest BCUT2D eigenvalue weighted by Crippen LogP contribution is -2.46. The summed E-state index contributed by atoms with van der Waals surface area (Å²) in [6.07, 6.45) is 20.9. The zero-order chi connectivity index (χ0) is 38.7. The molecule has 8 heteroatoms. The van der Waals surface area contributed by atoms with Crippen LogP contribution >= 0.6 is 0 Å². The van der Waals surface area contributed by atoms with Crippen molar-refractivity contribution >= 4 is 61.8 Å². The van der Waals surface area contributed by atoms with E-state index in [4.69, 9.17) is 13.3 Å². The van der Waals surface area contributed by atoms with Gasteiger partial charge in [-0.3, -0.25) is 0 Å². The molecule has 0 saturated carbocycles. The molecule has 0 radical (unpaired) electrons. The molecule has 298 valence electrons. The van der Waals surface area contributed by atoms with Crippen molar-refractivity contribution in [3.8, 4) is 0 Å². The summed E-state index contributed by atoms with van der Waals surface area (Å²) >= 11 is 0. The van der Waals surface area contributed by atoms with Crippen LogP contribution in [0.2, 0.25) is 82.6 Å². The van der Waals surface area contributed by atoms with Gasteiger partial charge in [0.05, 0.1) is 32.3 Å². The van der Waals surface area contributed by atoms with Crippen molar-refractivity contribution in [2.45, 2.75) is 186 Å². The predicted molar refractivity (Wildman–Crippen MR) is 247 cm³/mol. The van der Waals surface area contributed by atoms with E-state index >= 15 is 0 Å². The highest BCUT2D eigenvalue weighted by molar-refractivity contribution is 6.92. The third-order valence-electron chi connectivity index (χ3n) is 12.6. The Hall–Kier alpha value is -0.596. The van der Waals surface area contributed by atoms with Crippen molar-refractivity contribution in [3.63, 3.8) is 0 Å². The fraction of sp³-hybridized carbons (Fsp3) is 0.727. The molecule has 2 aromatic rings. The second-order valence-electron chi connectivity index (χ2n) is 18.7. The lowest BCUT2D eigenvalue weighted by atomic mass is 10.1. The van der Waals surface area contributed by atoms with Gasteiger partial charge >= 0.3 is 8.80 Å². The van der Waals surface area contributed by atoms with E-state index in [9.17, 15) is 0 Å². The Morgan fingerprint density at radius 1 is 0.327 bits per heavy atom. The second kappa shape index (κ2) is 23.5. The highest BCUT2D eigenvalue weighted by Gasteiger charge is 2.38. The minimum atomic E-state index is -2.49. The summed E-state index contributed by atoms with van der Waals surface area (Å²) in [7, 11) is -3.05. The first kappa shape index (κ1) is 47.6. The fourth-order valence-corrected chi connectivity index (χ4v) is 20.1. The largest absolute Gasteiger partial charge is 0.500 e. The van der Waals surface area contributed by atoms with E-state index in [0.29, 0.717) is 0 Å². The molecule has 2 aromatic carbocycles. The molecule has 0 saturated heterocycles. The average Bonchev–Trinajstić information content (AvgIpc) is 3.12. The number of benzene rings is 2. The molecule has 0 N–H and O–H groups in total. The van der Waals surface area contributed by atoms with Crippen molar-refractivity contribution < 1.29 is 13.3 Å². The molecule has 0 spiro atoms. The van der Waals surface area contributed by atoms with Gasteiger partial charge in [-0.2, -0.15) is 0 Å². The lowest BCUT2D eigenvalue weighted by molar-refractivity contribution is 0.123. The summed E-state index contributed by atoms with van der Waals surface area (Å²) in [5, 5.41) is 6.53. The fourth-order valence-electron chi connectivity index (χ4n) is 8.17. The Morgan fingerprint density at radius 2 is 0.558 bits per heavy atom. The van der Waals surface area contributed by atoms with Crippen molar-refractivity contribution in [2.24, 2.45) is 0 Å². The predicted octanol–water partition coefficient (Wildman–Crippen LogP) is 11.8. The molecule has 0 atom stereocenters. The maximum absolute atomic E-state index is 5.65. The third kappa shape index (κ3) is 16.2. The molecule has 0 bridgehead atoms. The van der Waals surface area contributed by atoms with Crippen molar-refractivity contribution in [2.75, 3.05) is 21.3 Å². The van der Waals surface area contributed by atoms with Crippen LogP contribution in [-0.2, 0) is 13.3 Å².